The quantitative estimate of drug-likeness (QED) is 0.517. The summed E-state index contributed by atoms with van der Waals surface area (Å²) in [4.78, 5) is 3.74. The third-order valence-electron chi connectivity index (χ3n) is 0.511. The van der Waals surface area contributed by atoms with E-state index in [0.717, 1.165) is 4.21 Å². The summed E-state index contributed by atoms with van der Waals surface area (Å²) in [6.45, 7) is 0. The normalized spacial score (nSPS) is 9.29. The molecule has 0 saturated carbocycles. The molecule has 7 heavy (non-hydrogen) atoms. The third-order valence-corrected chi connectivity index (χ3v) is 1.53. The fourth-order valence-electron chi connectivity index (χ4n) is 0.279. The number of anilines is 1. The second kappa shape index (κ2) is 1.71. The lowest BCUT2D eigenvalue weighted by Crippen LogP contribution is -1.77. The fourth-order valence-corrected chi connectivity index (χ4v) is 1.04. The standard InChI is InChI=1S/C3H4N2S2/c4-3-5-1-2(6)7-3/h1,6H,(H2,4,5). The highest BCUT2D eigenvalue weighted by Gasteiger charge is 1.87. The van der Waals surface area contributed by atoms with Crippen molar-refractivity contribution in [2.45, 2.75) is 4.21 Å². The number of thiol groups is 1. The molecule has 0 radical (unpaired) electrons. The lowest BCUT2D eigenvalue weighted by atomic mass is 11.0. The molecular formula is C3H4N2S2. The van der Waals surface area contributed by atoms with Gasteiger partial charge in [-0.15, -0.1) is 12.6 Å². The Morgan fingerprint density at radius 3 is 2.71 bits per heavy atom. The molecule has 0 fully saturated rings. The van der Waals surface area contributed by atoms with Crippen LogP contribution in [-0.4, -0.2) is 4.98 Å². The Balaban J connectivity index is 3.04. The molecule has 0 aliphatic rings. The fraction of sp³-hybridized carbons (Fsp3) is 0. The number of hydrogen-bond donors (Lipinski definition) is 2. The average molecular weight is 132 g/mol. The van der Waals surface area contributed by atoms with Crippen LogP contribution in [0, 0.1) is 0 Å². The smallest absolute Gasteiger partial charge is 0.181 e. The maximum absolute atomic E-state index is 5.24. The molecule has 1 heterocycles. The van der Waals surface area contributed by atoms with E-state index < -0.39 is 0 Å². The predicted molar refractivity (Wildman–Crippen MR) is 33.8 cm³/mol. The number of rotatable bonds is 0. The molecule has 0 amide bonds. The van der Waals surface area contributed by atoms with Crippen LogP contribution in [-0.2, 0) is 0 Å². The van der Waals surface area contributed by atoms with Crippen LogP contribution in [0.5, 0.6) is 0 Å². The van der Waals surface area contributed by atoms with E-state index in [1.165, 1.54) is 11.3 Å². The molecule has 4 heteroatoms. The summed E-state index contributed by atoms with van der Waals surface area (Å²) in [6, 6.07) is 0. The van der Waals surface area contributed by atoms with Crippen molar-refractivity contribution in [1.29, 1.82) is 0 Å². The van der Waals surface area contributed by atoms with Gasteiger partial charge in [0.2, 0.25) is 0 Å². The Morgan fingerprint density at radius 1 is 1.86 bits per heavy atom. The second-order valence-electron chi connectivity index (χ2n) is 1.04. The maximum atomic E-state index is 5.24. The lowest BCUT2D eigenvalue weighted by molar-refractivity contribution is 1.38. The average Bonchev–Trinajstić information content (AvgIpc) is 1.87. The van der Waals surface area contributed by atoms with Crippen LogP contribution in [0.3, 0.4) is 0 Å². The van der Waals surface area contributed by atoms with Crippen molar-refractivity contribution in [1.82, 2.24) is 4.98 Å². The van der Waals surface area contributed by atoms with E-state index in [0.29, 0.717) is 5.13 Å². The summed E-state index contributed by atoms with van der Waals surface area (Å²) < 4.78 is 0.859. The first-order valence-corrected chi connectivity index (χ1v) is 2.95. The van der Waals surface area contributed by atoms with Crippen molar-refractivity contribution in [3.05, 3.63) is 6.20 Å². The van der Waals surface area contributed by atoms with Crippen molar-refractivity contribution in [3.63, 3.8) is 0 Å². The van der Waals surface area contributed by atoms with E-state index in [9.17, 15) is 0 Å². The summed E-state index contributed by atoms with van der Waals surface area (Å²) in [5.41, 5.74) is 5.24. The molecule has 2 nitrogen and oxygen atoms in total. The van der Waals surface area contributed by atoms with Gasteiger partial charge in [0.15, 0.2) is 5.13 Å². The molecule has 1 aromatic rings. The molecule has 2 N–H and O–H groups in total. The largest absolute Gasteiger partial charge is 0.375 e. The van der Waals surface area contributed by atoms with Crippen molar-refractivity contribution in [2.75, 3.05) is 5.73 Å². The Kier molecular flexibility index (Phi) is 1.21. The number of aromatic nitrogens is 1. The zero-order chi connectivity index (χ0) is 5.28. The van der Waals surface area contributed by atoms with Crippen LogP contribution < -0.4 is 5.73 Å². The highest BCUT2D eigenvalue weighted by atomic mass is 32.2. The van der Waals surface area contributed by atoms with E-state index >= 15 is 0 Å². The molecule has 0 aromatic carbocycles. The van der Waals surface area contributed by atoms with Gasteiger partial charge in [-0.05, 0) is 0 Å². The van der Waals surface area contributed by atoms with Crippen molar-refractivity contribution < 1.29 is 0 Å². The van der Waals surface area contributed by atoms with Gasteiger partial charge in [-0.3, -0.25) is 0 Å². The summed E-state index contributed by atoms with van der Waals surface area (Å²) in [6.07, 6.45) is 1.63. The highest BCUT2D eigenvalue weighted by Crippen LogP contribution is 2.16. The van der Waals surface area contributed by atoms with E-state index in [1.54, 1.807) is 6.20 Å². The molecule has 0 spiro atoms. The van der Waals surface area contributed by atoms with Gasteiger partial charge in [0.25, 0.3) is 0 Å². The van der Waals surface area contributed by atoms with Gasteiger partial charge in [-0.25, -0.2) is 4.98 Å². The van der Waals surface area contributed by atoms with Crippen LogP contribution in [0.25, 0.3) is 0 Å². The zero-order valence-electron chi connectivity index (χ0n) is 3.46. The maximum Gasteiger partial charge on any atom is 0.181 e. The Hall–Kier alpha value is -0.220. The SMILES string of the molecule is Nc1ncc(S)s1. The minimum Gasteiger partial charge on any atom is -0.375 e. The summed E-state index contributed by atoms with van der Waals surface area (Å²) >= 11 is 5.35. The first-order chi connectivity index (χ1) is 3.29. The molecule has 0 aliphatic carbocycles. The van der Waals surface area contributed by atoms with Crippen molar-refractivity contribution in [2.24, 2.45) is 0 Å². The summed E-state index contributed by atoms with van der Waals surface area (Å²) in [5.74, 6) is 0. The monoisotopic (exact) mass is 132 g/mol. The van der Waals surface area contributed by atoms with Gasteiger partial charge in [0, 0.05) is 0 Å². The van der Waals surface area contributed by atoms with E-state index in [2.05, 4.69) is 17.6 Å². The third kappa shape index (κ3) is 1.07. The van der Waals surface area contributed by atoms with Crippen LogP contribution in [0.1, 0.15) is 0 Å². The van der Waals surface area contributed by atoms with Crippen LogP contribution in [0.15, 0.2) is 10.4 Å². The Morgan fingerprint density at radius 2 is 2.57 bits per heavy atom. The molecule has 0 unspecified atom stereocenters. The topological polar surface area (TPSA) is 38.9 Å². The second-order valence-corrected chi connectivity index (χ2v) is 2.88. The van der Waals surface area contributed by atoms with Crippen molar-refractivity contribution >= 4 is 29.1 Å². The minimum atomic E-state index is 0.574. The summed E-state index contributed by atoms with van der Waals surface area (Å²) in [5, 5.41) is 0.574. The highest BCUT2D eigenvalue weighted by molar-refractivity contribution is 7.83. The van der Waals surface area contributed by atoms with Gasteiger partial charge in [0.05, 0.1) is 10.4 Å². The van der Waals surface area contributed by atoms with Gasteiger partial charge in [0.1, 0.15) is 0 Å². The molecule has 0 aliphatic heterocycles. The van der Waals surface area contributed by atoms with Gasteiger partial charge < -0.3 is 5.73 Å². The van der Waals surface area contributed by atoms with Gasteiger partial charge >= 0.3 is 0 Å². The number of hydrogen-bond acceptors (Lipinski definition) is 4. The predicted octanol–water partition coefficient (Wildman–Crippen LogP) is 1.01. The first-order valence-electron chi connectivity index (χ1n) is 1.69. The molecule has 0 saturated heterocycles. The Bertz CT molecular complexity index is 143. The molecule has 38 valence electrons. The van der Waals surface area contributed by atoms with Crippen LogP contribution in [0.2, 0.25) is 0 Å². The van der Waals surface area contributed by atoms with Crippen LogP contribution >= 0.6 is 24.0 Å². The molecule has 1 rings (SSSR count). The van der Waals surface area contributed by atoms with E-state index in [1.807, 2.05) is 0 Å². The molecule has 1 aromatic heterocycles. The molecular weight excluding hydrogens is 128 g/mol. The number of nitrogens with zero attached hydrogens (tertiary/aromatic N) is 1. The van der Waals surface area contributed by atoms with Gasteiger partial charge in [-0.1, -0.05) is 11.3 Å². The molecule has 0 atom stereocenters. The van der Waals surface area contributed by atoms with Gasteiger partial charge in [-0.2, -0.15) is 0 Å². The summed E-state index contributed by atoms with van der Waals surface area (Å²) in [7, 11) is 0. The number of thiazole rings is 1. The lowest BCUT2D eigenvalue weighted by Gasteiger charge is -1.69. The zero-order valence-corrected chi connectivity index (χ0v) is 5.17. The first kappa shape index (κ1) is 4.93. The number of nitrogens with two attached hydrogens (primary N) is 1. The number of nitrogen functional groups attached to an aromatic ring is 1. The van der Waals surface area contributed by atoms with E-state index in [4.69, 9.17) is 5.73 Å². The van der Waals surface area contributed by atoms with E-state index in [-0.39, 0.29) is 0 Å². The molecule has 0 bridgehead atoms. The van der Waals surface area contributed by atoms with Crippen LogP contribution in [0.4, 0.5) is 5.13 Å². The Labute approximate surface area is 50.8 Å². The van der Waals surface area contributed by atoms with Crippen molar-refractivity contribution in [3.8, 4) is 0 Å². The minimum absolute atomic E-state index is 0.574.